The molecular weight excluding hydrogens is 499 g/mol. The van der Waals surface area contributed by atoms with Crippen molar-refractivity contribution in [2.45, 2.75) is 52.2 Å². The maximum Gasteiger partial charge on any atom is 0.387 e. The summed E-state index contributed by atoms with van der Waals surface area (Å²) >= 11 is 0. The van der Waals surface area contributed by atoms with E-state index in [0.29, 0.717) is 5.56 Å². The zero-order chi connectivity index (χ0) is 27.4. The number of aromatic nitrogens is 3. The van der Waals surface area contributed by atoms with Crippen LogP contribution in [0.4, 0.5) is 13.2 Å². The molecule has 10 heteroatoms. The first-order valence-corrected chi connectivity index (χ1v) is 12.1. The minimum absolute atomic E-state index is 0.0136. The number of benzene rings is 2. The molecule has 1 atom stereocenters. The first-order chi connectivity index (χ1) is 18.2. The third-order valence-electron chi connectivity index (χ3n) is 6.06. The molecule has 38 heavy (non-hydrogen) atoms. The fraction of sp³-hybridized carbons (Fsp3) is 0.321. The molecule has 1 unspecified atom stereocenters. The van der Waals surface area contributed by atoms with E-state index in [0.717, 1.165) is 23.1 Å². The smallest absolute Gasteiger partial charge is 0.387 e. The maximum absolute atomic E-state index is 14.7. The average Bonchev–Trinajstić information content (AvgIpc) is 3.40. The third kappa shape index (κ3) is 5.58. The molecule has 2 heterocycles. The number of rotatable bonds is 10. The lowest BCUT2D eigenvalue weighted by Gasteiger charge is -2.20. The van der Waals surface area contributed by atoms with Crippen molar-refractivity contribution in [3.8, 4) is 17.2 Å². The van der Waals surface area contributed by atoms with E-state index in [2.05, 4.69) is 23.8 Å². The Hall–Kier alpha value is -4.08. The third-order valence-corrected chi connectivity index (χ3v) is 6.06. The highest BCUT2D eigenvalue weighted by molar-refractivity contribution is 5.93. The van der Waals surface area contributed by atoms with Crippen LogP contribution in [0.1, 0.15) is 50.1 Å². The van der Waals surface area contributed by atoms with Gasteiger partial charge in [0.2, 0.25) is 0 Å². The summed E-state index contributed by atoms with van der Waals surface area (Å²) in [4.78, 5) is 20.7. The summed E-state index contributed by atoms with van der Waals surface area (Å²) in [6, 6.07) is 9.90. The first-order valence-electron chi connectivity index (χ1n) is 12.1. The van der Waals surface area contributed by atoms with Crippen molar-refractivity contribution in [1.82, 2.24) is 14.5 Å². The van der Waals surface area contributed by atoms with Crippen LogP contribution < -0.4 is 9.47 Å². The number of methoxy groups -OCH3 is 1. The van der Waals surface area contributed by atoms with Gasteiger partial charge in [0.1, 0.15) is 28.7 Å². The van der Waals surface area contributed by atoms with Gasteiger partial charge in [-0.05, 0) is 36.2 Å². The Morgan fingerprint density at radius 2 is 1.79 bits per heavy atom. The minimum Gasteiger partial charge on any atom is -0.478 e. The zero-order valence-electron chi connectivity index (χ0n) is 21.5. The second-order valence-corrected chi connectivity index (χ2v) is 8.95. The van der Waals surface area contributed by atoms with Crippen LogP contribution >= 0.6 is 0 Å². The van der Waals surface area contributed by atoms with E-state index in [1.807, 2.05) is 35.0 Å². The van der Waals surface area contributed by atoms with Gasteiger partial charge in [0, 0.05) is 42.2 Å². The number of carbonyl (C=O) groups is 1. The van der Waals surface area contributed by atoms with E-state index < -0.39 is 24.5 Å². The lowest BCUT2D eigenvalue weighted by atomic mass is 10.0. The van der Waals surface area contributed by atoms with E-state index in [1.165, 1.54) is 19.4 Å². The maximum atomic E-state index is 14.7. The molecule has 0 aliphatic rings. The molecule has 2 aromatic heterocycles. The number of carbonyl (C=O) groups excluding carboxylic acids is 1. The number of alkyl halides is 2. The molecule has 7 nitrogen and oxygen atoms in total. The quantitative estimate of drug-likeness (QED) is 0.229. The molecule has 200 valence electrons. The first kappa shape index (κ1) is 27.0. The molecule has 0 bridgehead atoms. The van der Waals surface area contributed by atoms with Crippen molar-refractivity contribution in [2.75, 3.05) is 7.11 Å². The van der Waals surface area contributed by atoms with Gasteiger partial charge in [-0.25, -0.2) is 14.2 Å². The van der Waals surface area contributed by atoms with Crippen LogP contribution in [0.15, 0.2) is 55.0 Å². The van der Waals surface area contributed by atoms with E-state index in [4.69, 9.17) is 14.2 Å². The number of pyridine rings is 1. The Morgan fingerprint density at radius 1 is 1.05 bits per heavy atom. The number of hydrogen-bond donors (Lipinski definition) is 0. The number of fused-ring (bicyclic) bond motifs is 1. The molecule has 0 aliphatic heterocycles. The van der Waals surface area contributed by atoms with Gasteiger partial charge in [0.05, 0.1) is 12.5 Å². The monoisotopic (exact) mass is 527 g/mol. The van der Waals surface area contributed by atoms with Crippen molar-refractivity contribution >= 4 is 16.9 Å². The molecule has 4 rings (SSSR count). The van der Waals surface area contributed by atoms with Crippen LogP contribution in [-0.4, -0.2) is 40.3 Å². The van der Waals surface area contributed by atoms with Crippen LogP contribution in [0.5, 0.6) is 11.5 Å². The van der Waals surface area contributed by atoms with Crippen LogP contribution in [0.3, 0.4) is 0 Å². The second kappa shape index (κ2) is 11.5. The number of imidazole rings is 1. The number of hydrogen-bond acceptors (Lipinski definition) is 6. The topological polar surface area (TPSA) is 75.5 Å². The van der Waals surface area contributed by atoms with E-state index in [9.17, 15) is 18.0 Å². The Bertz CT molecular complexity index is 1420. The molecule has 0 saturated carbocycles. The molecule has 0 spiro atoms. The molecular formula is C28H28F3N3O4. The predicted octanol–water partition coefficient (Wildman–Crippen LogP) is 6.21. The van der Waals surface area contributed by atoms with Crippen LogP contribution in [0.2, 0.25) is 0 Å². The molecule has 0 amide bonds. The second-order valence-electron chi connectivity index (χ2n) is 8.95. The summed E-state index contributed by atoms with van der Waals surface area (Å²) in [5.74, 6) is -0.527. The molecule has 2 aromatic carbocycles. The minimum atomic E-state index is -3.18. The highest BCUT2D eigenvalue weighted by atomic mass is 19.3. The fourth-order valence-electron chi connectivity index (χ4n) is 4.24. The van der Waals surface area contributed by atoms with Gasteiger partial charge < -0.3 is 18.8 Å². The Labute approximate surface area is 218 Å². The van der Waals surface area contributed by atoms with Gasteiger partial charge in [-0.15, -0.1) is 0 Å². The summed E-state index contributed by atoms with van der Waals surface area (Å²) in [6.45, 7) is 2.62. The van der Waals surface area contributed by atoms with Gasteiger partial charge in [-0.1, -0.05) is 32.9 Å². The van der Waals surface area contributed by atoms with Crippen molar-refractivity contribution < 1.29 is 32.2 Å². The van der Waals surface area contributed by atoms with Gasteiger partial charge >= 0.3 is 12.6 Å². The molecule has 0 fully saturated rings. The summed E-state index contributed by atoms with van der Waals surface area (Å²) in [5.41, 5.74) is 1.79. The standard InChI is InChI=1S/C28H28F3N3O4/c1-5-21(27(35)36-4)37-22-11-10-20(29)24-23(22)25(38-28(30)31)18(15-33-24)14-17-6-8-19(9-7-17)34-13-12-32-26(34)16(2)3/h6-13,15-16,21,28H,5,14H2,1-4H3. The molecule has 4 aromatic rings. The summed E-state index contributed by atoms with van der Waals surface area (Å²) in [5, 5.41) is -0.0817. The van der Waals surface area contributed by atoms with Gasteiger partial charge in [-0.3, -0.25) is 4.98 Å². The zero-order valence-corrected chi connectivity index (χ0v) is 21.5. The number of esters is 1. The predicted molar refractivity (Wildman–Crippen MR) is 136 cm³/mol. The summed E-state index contributed by atoms with van der Waals surface area (Å²) in [6.07, 6.45) is 4.32. The van der Waals surface area contributed by atoms with Crippen LogP contribution in [0.25, 0.3) is 16.6 Å². The van der Waals surface area contributed by atoms with Crippen molar-refractivity contribution in [1.29, 1.82) is 0 Å². The molecule has 0 radical (unpaired) electrons. The molecule has 0 N–H and O–H groups in total. The van der Waals surface area contributed by atoms with E-state index >= 15 is 0 Å². The summed E-state index contributed by atoms with van der Waals surface area (Å²) in [7, 11) is 1.21. The molecule has 0 aliphatic carbocycles. The highest BCUT2D eigenvalue weighted by Gasteiger charge is 2.25. The van der Waals surface area contributed by atoms with Gasteiger partial charge in [0.25, 0.3) is 0 Å². The fourth-order valence-corrected chi connectivity index (χ4v) is 4.24. The van der Waals surface area contributed by atoms with E-state index in [-0.39, 0.29) is 41.2 Å². The van der Waals surface area contributed by atoms with Crippen LogP contribution in [0, 0.1) is 5.82 Å². The lowest BCUT2D eigenvalue weighted by molar-refractivity contribution is -0.148. The molecule has 0 saturated heterocycles. The van der Waals surface area contributed by atoms with Gasteiger partial charge in [0.15, 0.2) is 6.10 Å². The van der Waals surface area contributed by atoms with Crippen molar-refractivity contribution in [3.63, 3.8) is 0 Å². The Kier molecular flexibility index (Phi) is 8.19. The summed E-state index contributed by atoms with van der Waals surface area (Å²) < 4.78 is 59.2. The lowest BCUT2D eigenvalue weighted by Crippen LogP contribution is -2.27. The number of ether oxygens (including phenoxy) is 3. The van der Waals surface area contributed by atoms with E-state index in [1.54, 1.807) is 13.1 Å². The largest absolute Gasteiger partial charge is 0.478 e. The SMILES string of the molecule is CCC(Oc1ccc(F)c2ncc(Cc3ccc(-n4ccnc4C(C)C)cc3)c(OC(F)F)c12)C(=O)OC. The number of halogens is 3. The Morgan fingerprint density at radius 3 is 2.42 bits per heavy atom. The Balaban J connectivity index is 1.75. The highest BCUT2D eigenvalue weighted by Crippen LogP contribution is 2.39. The van der Waals surface area contributed by atoms with Crippen LogP contribution in [-0.2, 0) is 16.0 Å². The number of nitrogens with zero attached hydrogens (tertiary/aromatic N) is 3. The normalized spacial score (nSPS) is 12.2. The van der Waals surface area contributed by atoms with Gasteiger partial charge in [-0.2, -0.15) is 8.78 Å². The average molecular weight is 528 g/mol. The van der Waals surface area contributed by atoms with Crippen molar-refractivity contribution in [2.24, 2.45) is 0 Å². The van der Waals surface area contributed by atoms with Crippen molar-refractivity contribution in [3.05, 3.63) is 77.8 Å².